The molecule has 0 aliphatic carbocycles. The number of rotatable bonds is 5. The number of alkyl halides is 3. The lowest BCUT2D eigenvalue weighted by Crippen LogP contribution is -2.20. The second-order valence-corrected chi connectivity index (χ2v) is 3.77. The Morgan fingerprint density at radius 1 is 1.32 bits per heavy atom. The second kappa shape index (κ2) is 6.82. The summed E-state index contributed by atoms with van der Waals surface area (Å²) in [6, 6.07) is 6.06. The van der Waals surface area contributed by atoms with Crippen LogP contribution in [0.15, 0.2) is 36.4 Å². The monoisotopic (exact) mass is 273 g/mol. The predicted molar refractivity (Wildman–Crippen MR) is 64.7 cm³/mol. The molecule has 1 N–H and O–H groups in total. The Morgan fingerprint density at radius 3 is 2.47 bits per heavy atom. The van der Waals surface area contributed by atoms with Crippen molar-refractivity contribution >= 4 is 5.91 Å². The number of carbonyl (C=O) groups excluding carboxylic acids is 1. The molecule has 1 aromatic carbocycles. The van der Waals surface area contributed by atoms with Crippen LogP contribution in [0.3, 0.4) is 0 Å². The summed E-state index contributed by atoms with van der Waals surface area (Å²) in [5.41, 5.74) is 0.775. The largest absolute Gasteiger partial charge is 0.484 e. The van der Waals surface area contributed by atoms with Gasteiger partial charge in [0.1, 0.15) is 5.75 Å². The minimum absolute atomic E-state index is 0.140. The lowest BCUT2D eigenvalue weighted by molar-refractivity contribution is -0.153. The average Bonchev–Trinajstić information content (AvgIpc) is 2.34. The minimum atomic E-state index is -4.35. The Bertz CT molecular complexity index is 438. The number of ether oxygens (including phenoxy) is 1. The molecule has 104 valence electrons. The maximum Gasteiger partial charge on any atom is 0.422 e. The number of hydrogen-bond acceptors (Lipinski definition) is 2. The highest BCUT2D eigenvalue weighted by molar-refractivity contribution is 5.87. The van der Waals surface area contributed by atoms with Gasteiger partial charge in [-0.2, -0.15) is 13.2 Å². The van der Waals surface area contributed by atoms with E-state index in [-0.39, 0.29) is 11.7 Å². The summed E-state index contributed by atoms with van der Waals surface area (Å²) < 4.78 is 40.3. The van der Waals surface area contributed by atoms with Crippen LogP contribution in [0.4, 0.5) is 13.2 Å². The summed E-state index contributed by atoms with van der Waals surface area (Å²) in [4.78, 5) is 11.1. The van der Waals surface area contributed by atoms with Crippen molar-refractivity contribution < 1.29 is 22.7 Å². The van der Waals surface area contributed by atoms with Crippen LogP contribution in [0.2, 0.25) is 0 Å². The molecule has 0 spiro atoms. The molecule has 0 heterocycles. The fraction of sp³-hybridized carbons (Fsp3) is 0.308. The minimum Gasteiger partial charge on any atom is -0.484 e. The Morgan fingerprint density at radius 2 is 1.95 bits per heavy atom. The van der Waals surface area contributed by atoms with E-state index in [1.165, 1.54) is 18.2 Å². The maximum absolute atomic E-state index is 11.9. The van der Waals surface area contributed by atoms with Gasteiger partial charge in [-0.1, -0.05) is 18.2 Å². The molecule has 1 amide bonds. The summed E-state index contributed by atoms with van der Waals surface area (Å²) >= 11 is 0. The molecule has 0 aliphatic rings. The van der Waals surface area contributed by atoms with Crippen LogP contribution in [-0.4, -0.2) is 18.7 Å². The SMILES string of the molecule is CC=CC(=O)NCc1ccc(OCC(F)(F)F)cc1. The number of benzene rings is 1. The molecular formula is C13H14F3NO2. The van der Waals surface area contributed by atoms with Crippen molar-refractivity contribution in [1.29, 1.82) is 0 Å². The van der Waals surface area contributed by atoms with E-state index in [9.17, 15) is 18.0 Å². The van der Waals surface area contributed by atoms with Crippen molar-refractivity contribution in [2.75, 3.05) is 6.61 Å². The molecule has 6 heteroatoms. The lowest BCUT2D eigenvalue weighted by atomic mass is 10.2. The summed E-state index contributed by atoms with van der Waals surface area (Å²) in [5, 5.41) is 2.63. The quantitative estimate of drug-likeness (QED) is 0.838. The van der Waals surface area contributed by atoms with Gasteiger partial charge in [0, 0.05) is 6.54 Å². The molecule has 3 nitrogen and oxygen atoms in total. The van der Waals surface area contributed by atoms with Gasteiger partial charge in [0.15, 0.2) is 6.61 Å². The van der Waals surface area contributed by atoms with Crippen molar-refractivity contribution in [3.05, 3.63) is 42.0 Å². The number of halogens is 3. The van der Waals surface area contributed by atoms with Crippen LogP contribution < -0.4 is 10.1 Å². The number of allylic oxidation sites excluding steroid dienone is 1. The van der Waals surface area contributed by atoms with Crippen LogP contribution >= 0.6 is 0 Å². The Labute approximate surface area is 109 Å². The summed E-state index contributed by atoms with van der Waals surface area (Å²) in [6.07, 6.45) is -1.34. The molecule has 0 saturated carbocycles. The molecule has 0 bridgehead atoms. The van der Waals surface area contributed by atoms with E-state index in [1.54, 1.807) is 25.1 Å². The van der Waals surface area contributed by atoms with Crippen molar-refractivity contribution in [1.82, 2.24) is 5.32 Å². The maximum atomic E-state index is 11.9. The van der Waals surface area contributed by atoms with Crippen LogP contribution in [0.25, 0.3) is 0 Å². The Balaban J connectivity index is 2.45. The summed E-state index contributed by atoms with van der Waals surface area (Å²) in [7, 11) is 0. The van der Waals surface area contributed by atoms with Gasteiger partial charge in [-0.25, -0.2) is 0 Å². The second-order valence-electron chi connectivity index (χ2n) is 3.77. The van der Waals surface area contributed by atoms with Gasteiger partial charge in [-0.15, -0.1) is 0 Å². The van der Waals surface area contributed by atoms with Crippen molar-refractivity contribution in [2.24, 2.45) is 0 Å². The number of nitrogens with one attached hydrogen (secondary N) is 1. The van der Waals surface area contributed by atoms with E-state index < -0.39 is 12.8 Å². The highest BCUT2D eigenvalue weighted by Crippen LogP contribution is 2.18. The number of hydrogen-bond donors (Lipinski definition) is 1. The van der Waals surface area contributed by atoms with E-state index in [0.29, 0.717) is 6.54 Å². The van der Waals surface area contributed by atoms with Crippen LogP contribution in [0.1, 0.15) is 12.5 Å². The molecule has 1 aromatic rings. The molecular weight excluding hydrogens is 259 g/mol. The first-order valence-electron chi connectivity index (χ1n) is 5.60. The highest BCUT2D eigenvalue weighted by atomic mass is 19.4. The normalized spacial score (nSPS) is 11.6. The molecule has 0 radical (unpaired) electrons. The number of carbonyl (C=O) groups is 1. The smallest absolute Gasteiger partial charge is 0.422 e. The van der Waals surface area contributed by atoms with Crippen molar-refractivity contribution in [3.63, 3.8) is 0 Å². The lowest BCUT2D eigenvalue weighted by Gasteiger charge is -2.09. The van der Waals surface area contributed by atoms with Crippen LogP contribution in [-0.2, 0) is 11.3 Å². The molecule has 0 unspecified atom stereocenters. The fourth-order valence-corrected chi connectivity index (χ4v) is 1.27. The third kappa shape index (κ3) is 6.49. The molecule has 19 heavy (non-hydrogen) atoms. The van der Waals surface area contributed by atoms with Gasteiger partial charge < -0.3 is 10.1 Å². The van der Waals surface area contributed by atoms with Gasteiger partial charge in [-0.05, 0) is 30.7 Å². The molecule has 0 aliphatic heterocycles. The Kier molecular flexibility index (Phi) is 5.41. The van der Waals surface area contributed by atoms with Gasteiger partial charge in [0.25, 0.3) is 0 Å². The third-order valence-electron chi connectivity index (χ3n) is 2.11. The van der Waals surface area contributed by atoms with Gasteiger partial charge in [0.05, 0.1) is 0 Å². The topological polar surface area (TPSA) is 38.3 Å². The molecule has 0 atom stereocenters. The molecule has 1 rings (SSSR count). The van der Waals surface area contributed by atoms with Gasteiger partial charge >= 0.3 is 6.18 Å². The summed E-state index contributed by atoms with van der Waals surface area (Å²) in [6.45, 7) is 0.722. The van der Waals surface area contributed by atoms with E-state index >= 15 is 0 Å². The van der Waals surface area contributed by atoms with Crippen LogP contribution in [0, 0.1) is 0 Å². The van der Waals surface area contributed by atoms with E-state index in [0.717, 1.165) is 5.56 Å². The molecule has 0 saturated heterocycles. The first-order valence-corrected chi connectivity index (χ1v) is 5.60. The van der Waals surface area contributed by atoms with E-state index in [2.05, 4.69) is 10.1 Å². The standard InChI is InChI=1S/C13H14F3NO2/c1-2-3-12(18)17-8-10-4-6-11(7-5-10)19-9-13(14,15)16/h2-7H,8-9H2,1H3,(H,17,18). The first-order chi connectivity index (χ1) is 8.90. The zero-order valence-electron chi connectivity index (χ0n) is 10.3. The zero-order chi connectivity index (χ0) is 14.3. The predicted octanol–water partition coefficient (Wildman–Crippen LogP) is 2.82. The van der Waals surface area contributed by atoms with Crippen molar-refractivity contribution in [2.45, 2.75) is 19.6 Å². The first kappa shape index (κ1) is 15.1. The van der Waals surface area contributed by atoms with Crippen molar-refractivity contribution in [3.8, 4) is 5.75 Å². The van der Waals surface area contributed by atoms with Crippen LogP contribution in [0.5, 0.6) is 5.75 Å². The third-order valence-corrected chi connectivity index (χ3v) is 2.11. The average molecular weight is 273 g/mol. The van der Waals surface area contributed by atoms with Gasteiger partial charge in [0.2, 0.25) is 5.91 Å². The fourth-order valence-electron chi connectivity index (χ4n) is 1.27. The Hall–Kier alpha value is -1.98. The zero-order valence-corrected chi connectivity index (χ0v) is 10.3. The number of amides is 1. The van der Waals surface area contributed by atoms with E-state index in [4.69, 9.17) is 0 Å². The van der Waals surface area contributed by atoms with E-state index in [1.807, 2.05) is 0 Å². The molecule has 0 aromatic heterocycles. The summed E-state index contributed by atoms with van der Waals surface area (Å²) in [5.74, 6) is -0.0826. The van der Waals surface area contributed by atoms with Gasteiger partial charge in [-0.3, -0.25) is 4.79 Å². The highest BCUT2D eigenvalue weighted by Gasteiger charge is 2.28. The molecule has 0 fully saturated rings.